The van der Waals surface area contributed by atoms with Gasteiger partial charge in [0.25, 0.3) is 5.56 Å². The van der Waals surface area contributed by atoms with E-state index in [1.165, 1.54) is 6.07 Å². The minimum Gasteiger partial charge on any atom is -0.327 e. The molecule has 0 fully saturated rings. The topological polar surface area (TPSA) is 50.7 Å². The van der Waals surface area contributed by atoms with Crippen molar-refractivity contribution >= 4 is 22.6 Å². The Morgan fingerprint density at radius 2 is 1.73 bits per heavy atom. The molecule has 4 nitrogen and oxygen atoms in total. The molecule has 0 unspecified atom stereocenters. The molecule has 0 spiro atoms. The highest BCUT2D eigenvalue weighted by atomic mass is 35.5. The van der Waals surface area contributed by atoms with Gasteiger partial charge in [-0.1, -0.05) is 41.9 Å². The summed E-state index contributed by atoms with van der Waals surface area (Å²) in [5.74, 6) is 0. The molecule has 0 bridgehead atoms. The Labute approximate surface area is 155 Å². The lowest BCUT2D eigenvalue weighted by Gasteiger charge is -2.10. The van der Waals surface area contributed by atoms with Gasteiger partial charge in [0, 0.05) is 23.3 Å². The molecule has 0 atom stereocenters. The zero-order valence-corrected chi connectivity index (χ0v) is 14.5. The van der Waals surface area contributed by atoms with Gasteiger partial charge in [0.2, 0.25) is 0 Å². The van der Waals surface area contributed by atoms with Gasteiger partial charge in [0.15, 0.2) is 0 Å². The van der Waals surface area contributed by atoms with Crippen LogP contribution in [0, 0.1) is 11.3 Å². The molecule has 2 aromatic heterocycles. The van der Waals surface area contributed by atoms with Crippen molar-refractivity contribution in [2.45, 2.75) is 6.54 Å². The summed E-state index contributed by atoms with van der Waals surface area (Å²) in [5.41, 5.74) is 3.66. The number of rotatable bonds is 3. The van der Waals surface area contributed by atoms with E-state index >= 15 is 0 Å². The lowest BCUT2D eigenvalue weighted by atomic mass is 10.2. The molecule has 0 radical (unpaired) electrons. The molecule has 0 amide bonds. The summed E-state index contributed by atoms with van der Waals surface area (Å²) >= 11 is 6.08. The van der Waals surface area contributed by atoms with Crippen LogP contribution in [0.5, 0.6) is 0 Å². The molecule has 26 heavy (non-hydrogen) atoms. The Morgan fingerprint density at radius 1 is 0.923 bits per heavy atom. The zero-order valence-electron chi connectivity index (χ0n) is 13.8. The number of aromatic nitrogens is 2. The van der Waals surface area contributed by atoms with E-state index in [0.29, 0.717) is 22.8 Å². The molecule has 5 heteroatoms. The summed E-state index contributed by atoms with van der Waals surface area (Å²) in [6.45, 7) is 0.500. The van der Waals surface area contributed by atoms with E-state index in [1.54, 1.807) is 16.7 Å². The molecule has 0 N–H and O–H groups in total. The fourth-order valence-electron chi connectivity index (χ4n) is 3.17. The first-order chi connectivity index (χ1) is 12.7. The normalized spacial score (nSPS) is 10.8. The summed E-state index contributed by atoms with van der Waals surface area (Å²) in [7, 11) is 0. The van der Waals surface area contributed by atoms with Crippen molar-refractivity contribution in [1.82, 2.24) is 9.13 Å². The van der Waals surface area contributed by atoms with E-state index in [0.717, 1.165) is 16.8 Å². The minimum absolute atomic E-state index is 0.131. The van der Waals surface area contributed by atoms with E-state index in [9.17, 15) is 10.1 Å². The first kappa shape index (κ1) is 16.2. The number of fused-ring (bicyclic) bond motifs is 1. The summed E-state index contributed by atoms with van der Waals surface area (Å²) < 4.78 is 3.53. The maximum Gasteiger partial charge on any atom is 0.255 e. The van der Waals surface area contributed by atoms with Crippen molar-refractivity contribution in [3.05, 3.63) is 99.4 Å². The highest BCUT2D eigenvalue weighted by Crippen LogP contribution is 2.23. The van der Waals surface area contributed by atoms with E-state index < -0.39 is 0 Å². The van der Waals surface area contributed by atoms with Gasteiger partial charge in [-0.3, -0.25) is 9.36 Å². The average molecular weight is 360 g/mol. The first-order valence-corrected chi connectivity index (χ1v) is 8.50. The standard InChI is InChI=1S/C21H14ClN3O/c22-16-6-4-5-15(11-16)14-24-18(13-23)12-20-19(24)9-10-21(26)25(20)17-7-2-1-3-8-17/h1-12H,14H2. The smallest absolute Gasteiger partial charge is 0.255 e. The maximum absolute atomic E-state index is 12.5. The zero-order chi connectivity index (χ0) is 18.1. The van der Waals surface area contributed by atoms with Crippen LogP contribution < -0.4 is 5.56 Å². The molecule has 2 aromatic carbocycles. The Morgan fingerprint density at radius 3 is 2.46 bits per heavy atom. The molecule has 4 aromatic rings. The Hall–Kier alpha value is -3.29. The Kier molecular flexibility index (Phi) is 4.08. The summed E-state index contributed by atoms with van der Waals surface area (Å²) in [5, 5.41) is 10.3. The number of hydrogen-bond donors (Lipinski definition) is 0. The lowest BCUT2D eigenvalue weighted by Crippen LogP contribution is -2.17. The van der Waals surface area contributed by atoms with Crippen LogP contribution in [0.15, 0.2) is 77.6 Å². The molecule has 0 saturated carbocycles. The van der Waals surface area contributed by atoms with Gasteiger partial charge in [-0.25, -0.2) is 0 Å². The second-order valence-corrected chi connectivity index (χ2v) is 6.41. The maximum atomic E-state index is 12.5. The number of halogens is 1. The predicted octanol–water partition coefficient (Wildman–Crippen LogP) is 4.37. The van der Waals surface area contributed by atoms with Crippen molar-refractivity contribution in [1.29, 1.82) is 5.26 Å². The number of nitriles is 1. The number of hydrogen-bond acceptors (Lipinski definition) is 2. The van der Waals surface area contributed by atoms with Gasteiger partial charge in [0.05, 0.1) is 11.0 Å². The third-order valence-corrected chi connectivity index (χ3v) is 4.56. The quantitative estimate of drug-likeness (QED) is 0.545. The van der Waals surface area contributed by atoms with Gasteiger partial charge in [-0.15, -0.1) is 0 Å². The largest absolute Gasteiger partial charge is 0.327 e. The van der Waals surface area contributed by atoms with Crippen molar-refractivity contribution in [2.24, 2.45) is 0 Å². The number of pyridine rings is 1. The van der Waals surface area contributed by atoms with Crippen LogP contribution in [0.3, 0.4) is 0 Å². The van der Waals surface area contributed by atoms with Gasteiger partial charge in [-0.2, -0.15) is 5.26 Å². The third-order valence-electron chi connectivity index (χ3n) is 4.32. The van der Waals surface area contributed by atoms with E-state index in [4.69, 9.17) is 11.6 Å². The van der Waals surface area contributed by atoms with Crippen molar-refractivity contribution in [2.75, 3.05) is 0 Å². The van der Waals surface area contributed by atoms with Crippen LogP contribution in [-0.2, 0) is 6.54 Å². The van der Waals surface area contributed by atoms with Gasteiger partial charge < -0.3 is 4.57 Å². The van der Waals surface area contributed by atoms with Crippen LogP contribution in [-0.4, -0.2) is 9.13 Å². The highest BCUT2D eigenvalue weighted by molar-refractivity contribution is 6.30. The molecule has 126 valence electrons. The lowest BCUT2D eigenvalue weighted by molar-refractivity contribution is 0.822. The van der Waals surface area contributed by atoms with Crippen molar-refractivity contribution in [3.63, 3.8) is 0 Å². The number of benzene rings is 2. The highest BCUT2D eigenvalue weighted by Gasteiger charge is 2.14. The first-order valence-electron chi connectivity index (χ1n) is 8.12. The van der Waals surface area contributed by atoms with Crippen molar-refractivity contribution < 1.29 is 0 Å². The summed E-state index contributed by atoms with van der Waals surface area (Å²) in [4.78, 5) is 12.5. The molecular weight excluding hydrogens is 346 g/mol. The molecule has 2 heterocycles. The fraction of sp³-hybridized carbons (Fsp3) is 0.0476. The van der Waals surface area contributed by atoms with Crippen LogP contribution in [0.25, 0.3) is 16.7 Å². The van der Waals surface area contributed by atoms with Crippen LogP contribution in [0.4, 0.5) is 0 Å². The number of para-hydroxylation sites is 1. The fourth-order valence-corrected chi connectivity index (χ4v) is 3.38. The van der Waals surface area contributed by atoms with Crippen LogP contribution in [0.1, 0.15) is 11.3 Å². The Balaban J connectivity index is 1.95. The molecule has 0 aliphatic rings. The van der Waals surface area contributed by atoms with E-state index in [1.807, 2.05) is 59.2 Å². The van der Waals surface area contributed by atoms with Crippen LogP contribution >= 0.6 is 11.6 Å². The second kappa shape index (κ2) is 6.55. The second-order valence-electron chi connectivity index (χ2n) is 5.97. The van der Waals surface area contributed by atoms with E-state index in [-0.39, 0.29) is 5.56 Å². The molecule has 0 saturated heterocycles. The molecule has 0 aliphatic heterocycles. The van der Waals surface area contributed by atoms with Crippen molar-refractivity contribution in [3.8, 4) is 11.8 Å². The Bertz CT molecular complexity index is 1200. The van der Waals surface area contributed by atoms with Gasteiger partial charge in [-0.05, 0) is 42.0 Å². The van der Waals surface area contributed by atoms with Gasteiger partial charge >= 0.3 is 0 Å². The third kappa shape index (κ3) is 2.79. The van der Waals surface area contributed by atoms with Crippen LogP contribution in [0.2, 0.25) is 5.02 Å². The molecular formula is C21H14ClN3O. The predicted molar refractivity (Wildman–Crippen MR) is 103 cm³/mol. The summed E-state index contributed by atoms with van der Waals surface area (Å²) in [6, 6.07) is 24.3. The average Bonchev–Trinajstić information content (AvgIpc) is 3.00. The monoisotopic (exact) mass is 359 g/mol. The molecule has 4 rings (SSSR count). The molecule has 0 aliphatic carbocycles. The summed E-state index contributed by atoms with van der Waals surface area (Å²) in [6.07, 6.45) is 0. The SMILES string of the molecule is N#Cc1cc2c(ccc(=O)n2-c2ccccc2)n1Cc1cccc(Cl)c1. The minimum atomic E-state index is -0.131. The van der Waals surface area contributed by atoms with E-state index in [2.05, 4.69) is 6.07 Å². The van der Waals surface area contributed by atoms with Gasteiger partial charge in [0.1, 0.15) is 11.8 Å². The number of nitrogens with zero attached hydrogens (tertiary/aromatic N) is 3.